The van der Waals surface area contributed by atoms with Crippen LogP contribution < -0.4 is 5.32 Å². The lowest BCUT2D eigenvalue weighted by Crippen LogP contribution is -2.06. The largest absolute Gasteiger partial charge is 0.293 e. The Bertz CT molecular complexity index is 1420. The summed E-state index contributed by atoms with van der Waals surface area (Å²) in [6, 6.07) is 7.88. The first-order valence-corrected chi connectivity index (χ1v) is 9.40. The van der Waals surface area contributed by atoms with Crippen molar-refractivity contribution in [1.29, 1.82) is 0 Å². The van der Waals surface area contributed by atoms with E-state index in [0.717, 1.165) is 27.9 Å². The normalized spacial score (nSPS) is 11.3. The van der Waals surface area contributed by atoms with Gasteiger partial charge in [0.25, 0.3) is 5.78 Å². The topological polar surface area (TPSA) is 120 Å². The average molecular weight is 398 g/mol. The van der Waals surface area contributed by atoms with Gasteiger partial charge in [0.2, 0.25) is 11.9 Å². The number of aryl methyl sites for hydroxylation is 4. The molecule has 0 aliphatic heterocycles. The summed E-state index contributed by atoms with van der Waals surface area (Å²) in [5.74, 6) is 1.90. The summed E-state index contributed by atoms with van der Waals surface area (Å²) in [5, 5.41) is 16.9. The molecule has 30 heavy (non-hydrogen) atoms. The van der Waals surface area contributed by atoms with Gasteiger partial charge in [-0.1, -0.05) is 12.1 Å². The van der Waals surface area contributed by atoms with E-state index in [9.17, 15) is 0 Å². The monoisotopic (exact) mass is 398 g/mol. The van der Waals surface area contributed by atoms with E-state index in [4.69, 9.17) is 0 Å². The van der Waals surface area contributed by atoms with E-state index in [0.29, 0.717) is 34.9 Å². The maximum Gasteiger partial charge on any atom is 0.272 e. The van der Waals surface area contributed by atoms with Crippen LogP contribution in [0.2, 0.25) is 0 Å². The van der Waals surface area contributed by atoms with Gasteiger partial charge in [-0.05, 0) is 45.4 Å². The molecule has 0 bridgehead atoms. The fourth-order valence-electron chi connectivity index (χ4n) is 3.30. The zero-order valence-electron chi connectivity index (χ0n) is 16.9. The van der Waals surface area contributed by atoms with Gasteiger partial charge in [0.05, 0.1) is 22.6 Å². The number of nitrogens with zero attached hydrogens (tertiary/aromatic N) is 9. The van der Waals surface area contributed by atoms with Gasteiger partial charge in [-0.15, -0.1) is 15.3 Å². The molecule has 0 aliphatic carbocycles. The Balaban J connectivity index is 1.53. The van der Waals surface area contributed by atoms with Crippen LogP contribution in [-0.2, 0) is 0 Å². The van der Waals surface area contributed by atoms with Crippen LogP contribution in [0.3, 0.4) is 0 Å². The number of anilines is 2. The molecule has 0 radical (unpaired) electrons. The Morgan fingerprint density at radius 1 is 0.867 bits per heavy atom. The predicted octanol–water partition coefficient (Wildman–Crippen LogP) is 2.90. The first kappa shape index (κ1) is 18.0. The molecule has 4 aromatic heterocycles. The Kier molecular flexibility index (Phi) is 4.05. The quantitative estimate of drug-likeness (QED) is 0.489. The molecule has 10 heteroatoms. The second-order valence-electron chi connectivity index (χ2n) is 7.05. The number of rotatable bonds is 3. The molecule has 0 saturated carbocycles. The van der Waals surface area contributed by atoms with Gasteiger partial charge in [0, 0.05) is 11.6 Å². The first-order chi connectivity index (χ1) is 14.5. The van der Waals surface area contributed by atoms with Crippen LogP contribution in [0.4, 0.5) is 11.9 Å². The van der Waals surface area contributed by atoms with Gasteiger partial charge in [0.1, 0.15) is 11.5 Å². The van der Waals surface area contributed by atoms with Crippen molar-refractivity contribution >= 4 is 28.6 Å². The molecule has 0 fully saturated rings. The molecule has 0 saturated heterocycles. The summed E-state index contributed by atoms with van der Waals surface area (Å²) in [6.45, 7) is 7.70. The van der Waals surface area contributed by atoms with Gasteiger partial charge in [0.15, 0.2) is 0 Å². The molecule has 0 spiro atoms. The van der Waals surface area contributed by atoms with Crippen LogP contribution in [0.15, 0.2) is 30.5 Å². The van der Waals surface area contributed by atoms with Gasteiger partial charge < -0.3 is 0 Å². The van der Waals surface area contributed by atoms with Crippen molar-refractivity contribution in [3.63, 3.8) is 0 Å². The SMILES string of the molecule is Cc1ccc2c(C)nc(Nc3nccc(-c4nnc5nc(C)nn5c4C)n3)nc2c1. The second-order valence-corrected chi connectivity index (χ2v) is 7.05. The number of hydrogen-bond donors (Lipinski definition) is 1. The van der Waals surface area contributed by atoms with Crippen molar-refractivity contribution in [2.45, 2.75) is 27.7 Å². The maximum absolute atomic E-state index is 4.60. The summed E-state index contributed by atoms with van der Waals surface area (Å²) in [5.41, 5.74) is 4.89. The van der Waals surface area contributed by atoms with Crippen molar-refractivity contribution < 1.29 is 0 Å². The van der Waals surface area contributed by atoms with Gasteiger partial charge in [-0.3, -0.25) is 5.32 Å². The number of fused-ring (bicyclic) bond motifs is 2. The minimum atomic E-state index is 0.370. The van der Waals surface area contributed by atoms with Crippen molar-refractivity contribution in [1.82, 2.24) is 44.7 Å². The van der Waals surface area contributed by atoms with Crippen LogP contribution in [0, 0.1) is 27.7 Å². The van der Waals surface area contributed by atoms with Gasteiger partial charge in [-0.2, -0.15) is 9.50 Å². The highest BCUT2D eigenvalue weighted by atomic mass is 15.4. The summed E-state index contributed by atoms with van der Waals surface area (Å²) in [6.07, 6.45) is 1.65. The molecule has 148 valence electrons. The van der Waals surface area contributed by atoms with Crippen LogP contribution in [0.1, 0.15) is 22.8 Å². The molecular weight excluding hydrogens is 380 g/mol. The molecule has 4 heterocycles. The third-order valence-corrected chi connectivity index (χ3v) is 4.76. The third-order valence-electron chi connectivity index (χ3n) is 4.76. The Morgan fingerprint density at radius 3 is 2.60 bits per heavy atom. The fraction of sp³-hybridized carbons (Fsp3) is 0.200. The minimum absolute atomic E-state index is 0.370. The fourth-order valence-corrected chi connectivity index (χ4v) is 3.30. The van der Waals surface area contributed by atoms with Crippen molar-refractivity contribution in [2.75, 3.05) is 5.32 Å². The third kappa shape index (κ3) is 3.08. The Hall–Kier alpha value is -4.08. The molecule has 5 rings (SSSR count). The summed E-state index contributed by atoms with van der Waals surface area (Å²) < 4.78 is 1.66. The minimum Gasteiger partial charge on any atom is -0.293 e. The highest BCUT2D eigenvalue weighted by Crippen LogP contribution is 2.22. The maximum atomic E-state index is 4.60. The van der Waals surface area contributed by atoms with E-state index in [2.05, 4.69) is 51.6 Å². The van der Waals surface area contributed by atoms with E-state index in [-0.39, 0.29) is 0 Å². The van der Waals surface area contributed by atoms with E-state index in [1.807, 2.05) is 39.8 Å². The second kappa shape index (κ2) is 6.76. The lowest BCUT2D eigenvalue weighted by atomic mass is 10.1. The van der Waals surface area contributed by atoms with E-state index in [1.165, 1.54) is 0 Å². The lowest BCUT2D eigenvalue weighted by Gasteiger charge is -2.09. The lowest BCUT2D eigenvalue weighted by molar-refractivity contribution is 0.841. The van der Waals surface area contributed by atoms with E-state index < -0.39 is 0 Å². The number of aromatic nitrogens is 9. The predicted molar refractivity (Wildman–Crippen MR) is 111 cm³/mol. The number of hydrogen-bond acceptors (Lipinski definition) is 9. The van der Waals surface area contributed by atoms with Crippen LogP contribution >= 0.6 is 0 Å². The molecule has 0 atom stereocenters. The molecule has 10 nitrogen and oxygen atoms in total. The molecule has 1 N–H and O–H groups in total. The van der Waals surface area contributed by atoms with Crippen LogP contribution in [0.25, 0.3) is 28.1 Å². The number of benzene rings is 1. The van der Waals surface area contributed by atoms with Crippen LogP contribution in [-0.4, -0.2) is 44.7 Å². The van der Waals surface area contributed by atoms with E-state index >= 15 is 0 Å². The zero-order valence-corrected chi connectivity index (χ0v) is 16.9. The highest BCUT2D eigenvalue weighted by molar-refractivity contribution is 5.82. The van der Waals surface area contributed by atoms with Crippen molar-refractivity contribution in [3.8, 4) is 11.4 Å². The summed E-state index contributed by atoms with van der Waals surface area (Å²) >= 11 is 0. The molecule has 0 unspecified atom stereocenters. The first-order valence-electron chi connectivity index (χ1n) is 9.40. The van der Waals surface area contributed by atoms with Gasteiger partial charge >= 0.3 is 0 Å². The molecular formula is C20H18N10. The molecule has 0 aliphatic rings. The van der Waals surface area contributed by atoms with E-state index in [1.54, 1.807) is 16.8 Å². The highest BCUT2D eigenvalue weighted by Gasteiger charge is 2.14. The Labute approximate surface area is 171 Å². The number of nitrogens with one attached hydrogen (secondary N) is 1. The van der Waals surface area contributed by atoms with Crippen LogP contribution in [0.5, 0.6) is 0 Å². The van der Waals surface area contributed by atoms with Crippen molar-refractivity contribution in [2.24, 2.45) is 0 Å². The van der Waals surface area contributed by atoms with Crippen molar-refractivity contribution in [3.05, 3.63) is 53.2 Å². The standard InChI is InChI=1S/C20H18N10/c1-10-5-6-14-11(2)22-19(25-16(14)9-10)26-18-21-8-7-15(24-18)17-12(3)30-20(28-27-17)23-13(4)29-30/h5-9H,1-4H3,(H,21,22,24,25,26). The molecule has 0 amide bonds. The smallest absolute Gasteiger partial charge is 0.272 e. The summed E-state index contributed by atoms with van der Waals surface area (Å²) in [7, 11) is 0. The molecule has 1 aromatic carbocycles. The molecule has 5 aromatic rings. The Morgan fingerprint density at radius 2 is 1.73 bits per heavy atom. The van der Waals surface area contributed by atoms with Gasteiger partial charge in [-0.25, -0.2) is 19.9 Å². The summed E-state index contributed by atoms with van der Waals surface area (Å²) in [4.78, 5) is 22.3. The zero-order chi connectivity index (χ0) is 20.8. The average Bonchev–Trinajstić information content (AvgIpc) is 3.09.